The topological polar surface area (TPSA) is 58.4 Å². The van der Waals surface area contributed by atoms with Gasteiger partial charge in [-0.2, -0.15) is 0 Å². The maximum atomic E-state index is 13.9. The molecule has 1 atom stereocenters. The van der Waals surface area contributed by atoms with Gasteiger partial charge in [-0.1, -0.05) is 25.1 Å². The summed E-state index contributed by atoms with van der Waals surface area (Å²) < 4.78 is 13.9. The SMILES string of the molecule is CC1(CN)CCC(NC(=O)N2CCC(c3ccccc3F)C2)CC1. The fourth-order valence-electron chi connectivity index (χ4n) is 3.93. The van der Waals surface area contributed by atoms with Crippen LogP contribution in [0, 0.1) is 11.2 Å². The molecule has 1 aromatic rings. The smallest absolute Gasteiger partial charge is 0.317 e. The van der Waals surface area contributed by atoms with Gasteiger partial charge in [-0.05, 0) is 55.7 Å². The van der Waals surface area contributed by atoms with Gasteiger partial charge in [-0.3, -0.25) is 0 Å². The lowest BCUT2D eigenvalue weighted by Crippen LogP contribution is -2.47. The third kappa shape index (κ3) is 3.72. The monoisotopic (exact) mass is 333 g/mol. The van der Waals surface area contributed by atoms with Gasteiger partial charge in [0.15, 0.2) is 0 Å². The van der Waals surface area contributed by atoms with Crippen LogP contribution in [0.25, 0.3) is 0 Å². The molecule has 1 unspecified atom stereocenters. The van der Waals surface area contributed by atoms with E-state index in [1.54, 1.807) is 6.07 Å². The third-order valence-electron chi connectivity index (χ3n) is 5.83. The number of likely N-dealkylation sites (tertiary alicyclic amines) is 1. The van der Waals surface area contributed by atoms with Crippen molar-refractivity contribution >= 4 is 6.03 Å². The Hall–Kier alpha value is -1.62. The fourth-order valence-corrected chi connectivity index (χ4v) is 3.93. The lowest BCUT2D eigenvalue weighted by molar-refractivity contribution is 0.174. The Morgan fingerprint density at radius 3 is 2.71 bits per heavy atom. The van der Waals surface area contributed by atoms with Gasteiger partial charge in [0.25, 0.3) is 0 Å². The molecular weight excluding hydrogens is 305 g/mol. The summed E-state index contributed by atoms with van der Waals surface area (Å²) in [6.45, 7) is 4.23. The average molecular weight is 333 g/mol. The van der Waals surface area contributed by atoms with Crippen molar-refractivity contribution in [2.45, 2.75) is 51.0 Å². The van der Waals surface area contributed by atoms with Gasteiger partial charge in [0.2, 0.25) is 0 Å². The van der Waals surface area contributed by atoms with E-state index in [-0.39, 0.29) is 29.2 Å². The lowest BCUT2D eigenvalue weighted by atomic mass is 9.74. The van der Waals surface area contributed by atoms with E-state index >= 15 is 0 Å². The molecular formula is C19H28FN3O. The maximum Gasteiger partial charge on any atom is 0.317 e. The zero-order valence-corrected chi connectivity index (χ0v) is 14.4. The second-order valence-corrected chi connectivity index (χ2v) is 7.69. The second-order valence-electron chi connectivity index (χ2n) is 7.69. The molecule has 3 rings (SSSR count). The van der Waals surface area contributed by atoms with Gasteiger partial charge < -0.3 is 16.0 Å². The average Bonchev–Trinajstić information content (AvgIpc) is 3.07. The summed E-state index contributed by atoms with van der Waals surface area (Å²) in [6.07, 6.45) is 4.93. The van der Waals surface area contributed by atoms with Crippen molar-refractivity contribution in [3.05, 3.63) is 35.6 Å². The molecule has 2 aliphatic rings. The highest BCUT2D eigenvalue weighted by molar-refractivity contribution is 5.75. The molecule has 2 fully saturated rings. The summed E-state index contributed by atoms with van der Waals surface area (Å²) in [5, 5.41) is 3.16. The molecule has 0 radical (unpaired) electrons. The van der Waals surface area contributed by atoms with Crippen LogP contribution >= 0.6 is 0 Å². The first-order chi connectivity index (χ1) is 11.5. The first-order valence-corrected chi connectivity index (χ1v) is 9.01. The normalized spacial score (nSPS) is 30.4. The number of benzene rings is 1. The van der Waals surface area contributed by atoms with E-state index in [1.807, 2.05) is 17.0 Å². The summed E-state index contributed by atoms with van der Waals surface area (Å²) in [5.74, 6) is -0.0676. The largest absolute Gasteiger partial charge is 0.335 e. The highest BCUT2D eigenvalue weighted by Gasteiger charge is 2.33. The zero-order chi connectivity index (χ0) is 17.2. The number of nitrogens with zero attached hydrogens (tertiary/aromatic N) is 1. The minimum atomic E-state index is -0.168. The third-order valence-corrected chi connectivity index (χ3v) is 5.83. The standard InChI is InChI=1S/C19H28FN3O/c1-19(13-21)9-6-15(7-10-19)22-18(24)23-11-8-14(12-23)16-4-2-3-5-17(16)20/h2-5,14-15H,6-13,21H2,1H3,(H,22,24). The van der Waals surface area contributed by atoms with Crippen LogP contribution in [0.15, 0.2) is 24.3 Å². The second kappa shape index (κ2) is 7.09. The number of carbonyl (C=O) groups excluding carboxylic acids is 1. The molecule has 1 aliphatic carbocycles. The van der Waals surface area contributed by atoms with E-state index in [9.17, 15) is 9.18 Å². The Morgan fingerprint density at radius 1 is 1.33 bits per heavy atom. The van der Waals surface area contributed by atoms with Crippen molar-refractivity contribution in [1.82, 2.24) is 10.2 Å². The maximum absolute atomic E-state index is 13.9. The molecule has 0 bridgehead atoms. The summed E-state index contributed by atoms with van der Waals surface area (Å²) in [6, 6.07) is 7.12. The Morgan fingerprint density at radius 2 is 2.04 bits per heavy atom. The summed E-state index contributed by atoms with van der Waals surface area (Å²) in [4.78, 5) is 14.3. The van der Waals surface area contributed by atoms with Crippen molar-refractivity contribution in [3.8, 4) is 0 Å². The van der Waals surface area contributed by atoms with E-state index in [0.29, 0.717) is 19.6 Å². The molecule has 5 heteroatoms. The van der Waals surface area contributed by atoms with Crippen molar-refractivity contribution in [2.75, 3.05) is 19.6 Å². The number of hydrogen-bond donors (Lipinski definition) is 2. The summed E-state index contributed by atoms with van der Waals surface area (Å²) in [5.41, 5.74) is 6.79. The van der Waals surface area contributed by atoms with Crippen LogP contribution in [0.2, 0.25) is 0 Å². The molecule has 1 saturated heterocycles. The molecule has 1 aliphatic heterocycles. The van der Waals surface area contributed by atoms with Gasteiger partial charge in [0.1, 0.15) is 5.82 Å². The van der Waals surface area contributed by atoms with Crippen molar-refractivity contribution < 1.29 is 9.18 Å². The van der Waals surface area contributed by atoms with Crippen molar-refractivity contribution in [2.24, 2.45) is 11.1 Å². The van der Waals surface area contributed by atoms with Crippen molar-refractivity contribution in [3.63, 3.8) is 0 Å². The summed E-state index contributed by atoms with van der Waals surface area (Å²) >= 11 is 0. The van der Waals surface area contributed by atoms with Gasteiger partial charge in [0.05, 0.1) is 0 Å². The molecule has 0 aromatic heterocycles. The van der Waals surface area contributed by atoms with Gasteiger partial charge in [-0.15, -0.1) is 0 Å². The minimum Gasteiger partial charge on any atom is -0.335 e. The number of rotatable bonds is 3. The van der Waals surface area contributed by atoms with Gasteiger partial charge in [0, 0.05) is 25.0 Å². The molecule has 4 nitrogen and oxygen atoms in total. The number of halogens is 1. The number of hydrogen-bond acceptors (Lipinski definition) is 2. The minimum absolute atomic E-state index is 0.00445. The predicted molar refractivity (Wildman–Crippen MR) is 93.3 cm³/mol. The highest BCUT2D eigenvalue weighted by atomic mass is 19.1. The Labute approximate surface area is 143 Å². The molecule has 24 heavy (non-hydrogen) atoms. The van der Waals surface area contributed by atoms with Crippen LogP contribution in [0.3, 0.4) is 0 Å². The number of carbonyl (C=O) groups is 1. The summed E-state index contributed by atoms with van der Waals surface area (Å²) in [7, 11) is 0. The Bertz CT molecular complexity index is 584. The quantitative estimate of drug-likeness (QED) is 0.892. The zero-order valence-electron chi connectivity index (χ0n) is 14.4. The number of amides is 2. The van der Waals surface area contributed by atoms with Gasteiger partial charge >= 0.3 is 6.03 Å². The predicted octanol–water partition coefficient (Wildman–Crippen LogP) is 3.23. The highest BCUT2D eigenvalue weighted by Crippen LogP contribution is 2.35. The van der Waals surface area contributed by atoms with E-state index in [4.69, 9.17) is 5.73 Å². The Kier molecular flexibility index (Phi) is 5.09. The first-order valence-electron chi connectivity index (χ1n) is 9.01. The molecule has 132 valence electrons. The van der Waals surface area contributed by atoms with Crippen molar-refractivity contribution in [1.29, 1.82) is 0 Å². The molecule has 1 saturated carbocycles. The first kappa shape index (κ1) is 17.2. The lowest BCUT2D eigenvalue weighted by Gasteiger charge is -2.37. The van der Waals surface area contributed by atoms with E-state index < -0.39 is 0 Å². The van der Waals surface area contributed by atoms with Gasteiger partial charge in [-0.25, -0.2) is 9.18 Å². The van der Waals surface area contributed by atoms with E-state index in [0.717, 1.165) is 37.7 Å². The van der Waals surface area contributed by atoms with Crippen LogP contribution in [0.4, 0.5) is 9.18 Å². The number of nitrogens with one attached hydrogen (secondary N) is 1. The molecule has 1 aromatic carbocycles. The van der Waals surface area contributed by atoms with E-state index in [2.05, 4.69) is 12.2 Å². The Balaban J connectivity index is 1.51. The van der Waals surface area contributed by atoms with Crippen LogP contribution in [-0.4, -0.2) is 36.6 Å². The fraction of sp³-hybridized carbons (Fsp3) is 0.632. The molecule has 2 amide bonds. The number of nitrogens with two attached hydrogens (primary N) is 1. The number of urea groups is 1. The van der Waals surface area contributed by atoms with E-state index in [1.165, 1.54) is 6.07 Å². The van der Waals surface area contributed by atoms with Crippen LogP contribution < -0.4 is 11.1 Å². The van der Waals surface area contributed by atoms with Crippen LogP contribution in [0.5, 0.6) is 0 Å². The molecule has 0 spiro atoms. The molecule has 3 N–H and O–H groups in total. The van der Waals surface area contributed by atoms with Crippen LogP contribution in [0.1, 0.15) is 50.5 Å². The molecule has 1 heterocycles. The van der Waals surface area contributed by atoms with Crippen LogP contribution in [-0.2, 0) is 0 Å².